The first-order valence-corrected chi connectivity index (χ1v) is 19.5. The van der Waals surface area contributed by atoms with Crippen molar-refractivity contribution in [2.75, 3.05) is 123 Å². The predicted octanol–water partition coefficient (Wildman–Crippen LogP) is 2.68. The molecule has 57 heavy (non-hydrogen) atoms. The number of hydrogen-bond donors (Lipinski definition) is 3. The number of nitrogens with one attached hydrogen (secondary N) is 3. The molecule has 2 aliphatic heterocycles. The summed E-state index contributed by atoms with van der Waals surface area (Å²) in [6.07, 6.45) is 2.38. The molecule has 314 valence electrons. The third-order valence-corrected chi connectivity index (χ3v) is 8.70. The Morgan fingerprint density at radius 3 is 1.75 bits per heavy atom. The third kappa shape index (κ3) is 15.8. The number of piperidine rings is 1. The summed E-state index contributed by atoms with van der Waals surface area (Å²) in [5.41, 5.74) is 2.38. The highest BCUT2D eigenvalue weighted by Gasteiger charge is 2.45. The first-order chi connectivity index (χ1) is 27.9. The number of imide groups is 2. The second-order valence-corrected chi connectivity index (χ2v) is 12.9. The van der Waals surface area contributed by atoms with E-state index in [2.05, 4.69) is 22.9 Å². The van der Waals surface area contributed by atoms with Crippen LogP contribution in [0.15, 0.2) is 42.5 Å². The molecule has 17 nitrogen and oxygen atoms in total. The molecule has 4 amide bonds. The number of hydrogen-bond acceptors (Lipinski definition) is 15. The topological polar surface area (TPSA) is 199 Å². The van der Waals surface area contributed by atoms with Gasteiger partial charge in [0.05, 0.1) is 109 Å². The largest absolute Gasteiger partial charge is 0.460 e. The monoisotopic (exact) mass is 800 g/mol. The molecule has 1 fully saturated rings. The van der Waals surface area contributed by atoms with E-state index in [1.54, 1.807) is 30.3 Å². The second kappa shape index (κ2) is 26.4. The van der Waals surface area contributed by atoms with Gasteiger partial charge < -0.3 is 48.5 Å². The van der Waals surface area contributed by atoms with Crippen molar-refractivity contribution in [2.24, 2.45) is 0 Å². The first-order valence-electron chi connectivity index (χ1n) is 19.5. The van der Waals surface area contributed by atoms with Crippen LogP contribution in [-0.2, 0) is 47.5 Å². The lowest BCUT2D eigenvalue weighted by Gasteiger charge is -2.27. The van der Waals surface area contributed by atoms with Crippen LogP contribution in [0.25, 0.3) is 0 Å². The quantitative estimate of drug-likeness (QED) is 0.0571. The molecular formula is C40H56N4O13. The van der Waals surface area contributed by atoms with Crippen molar-refractivity contribution in [1.82, 2.24) is 10.2 Å². The van der Waals surface area contributed by atoms with Crippen LogP contribution in [0.5, 0.6) is 0 Å². The number of benzene rings is 2. The summed E-state index contributed by atoms with van der Waals surface area (Å²) in [7, 11) is 0. The van der Waals surface area contributed by atoms with E-state index < -0.39 is 29.7 Å². The minimum Gasteiger partial charge on any atom is -0.460 e. The zero-order chi connectivity index (χ0) is 40.5. The van der Waals surface area contributed by atoms with E-state index in [9.17, 15) is 24.0 Å². The highest BCUT2D eigenvalue weighted by molar-refractivity contribution is 6.25. The number of esters is 1. The van der Waals surface area contributed by atoms with Gasteiger partial charge in [-0.1, -0.05) is 19.4 Å². The molecule has 0 bridgehead atoms. The zero-order valence-corrected chi connectivity index (χ0v) is 32.7. The second-order valence-electron chi connectivity index (χ2n) is 12.9. The summed E-state index contributed by atoms with van der Waals surface area (Å²) in [5, 5.41) is 8.64. The molecule has 0 aliphatic carbocycles. The summed E-state index contributed by atoms with van der Waals surface area (Å²) in [5.74, 6) is -2.56. The van der Waals surface area contributed by atoms with E-state index in [0.29, 0.717) is 110 Å². The molecule has 2 aromatic rings. The molecule has 0 saturated carbocycles. The van der Waals surface area contributed by atoms with Crippen molar-refractivity contribution in [3.8, 4) is 0 Å². The van der Waals surface area contributed by atoms with Gasteiger partial charge in [-0.3, -0.25) is 29.4 Å². The van der Waals surface area contributed by atoms with E-state index in [-0.39, 0.29) is 36.5 Å². The molecule has 1 unspecified atom stereocenters. The van der Waals surface area contributed by atoms with Crippen molar-refractivity contribution in [3.05, 3.63) is 59.2 Å². The summed E-state index contributed by atoms with van der Waals surface area (Å²) >= 11 is 0. The minimum absolute atomic E-state index is 0.0625. The van der Waals surface area contributed by atoms with Crippen molar-refractivity contribution in [1.29, 1.82) is 0 Å². The normalized spacial score (nSPS) is 15.2. The van der Waals surface area contributed by atoms with Crippen LogP contribution in [0.3, 0.4) is 0 Å². The maximum absolute atomic E-state index is 13.2. The fraction of sp³-hybridized carbons (Fsp3) is 0.575. The van der Waals surface area contributed by atoms with Crippen molar-refractivity contribution < 1.29 is 61.9 Å². The predicted molar refractivity (Wildman–Crippen MR) is 207 cm³/mol. The average molecular weight is 801 g/mol. The van der Waals surface area contributed by atoms with Gasteiger partial charge in [0, 0.05) is 30.9 Å². The number of ether oxygens (including phenoxy) is 8. The fourth-order valence-electron chi connectivity index (χ4n) is 5.75. The molecule has 2 heterocycles. The van der Waals surface area contributed by atoms with Gasteiger partial charge in [0.2, 0.25) is 11.8 Å². The zero-order valence-electron chi connectivity index (χ0n) is 32.7. The maximum atomic E-state index is 13.2. The van der Waals surface area contributed by atoms with E-state index in [1.165, 1.54) is 0 Å². The molecular weight excluding hydrogens is 744 g/mol. The first kappa shape index (κ1) is 45.2. The Bertz CT molecular complexity index is 1560. The Kier molecular flexibility index (Phi) is 21.0. The van der Waals surface area contributed by atoms with Crippen LogP contribution in [0, 0.1) is 0 Å². The average Bonchev–Trinajstić information content (AvgIpc) is 3.47. The van der Waals surface area contributed by atoms with Gasteiger partial charge in [-0.15, -0.1) is 0 Å². The highest BCUT2D eigenvalue weighted by Crippen LogP contribution is 2.32. The number of fused-ring (bicyclic) bond motifs is 1. The van der Waals surface area contributed by atoms with E-state index in [1.807, 2.05) is 12.1 Å². The minimum atomic E-state index is -1.01. The molecule has 0 radical (unpaired) electrons. The highest BCUT2D eigenvalue weighted by atomic mass is 16.6. The van der Waals surface area contributed by atoms with Crippen LogP contribution < -0.4 is 16.0 Å². The number of carbonyl (C=O) groups excluding carboxylic acids is 5. The molecule has 17 heteroatoms. The number of anilines is 2. The molecule has 2 aliphatic rings. The molecule has 1 atom stereocenters. The lowest BCUT2D eigenvalue weighted by molar-refractivity contribution is -0.136. The fourth-order valence-corrected chi connectivity index (χ4v) is 5.75. The van der Waals surface area contributed by atoms with Gasteiger partial charge in [0.1, 0.15) is 12.6 Å². The van der Waals surface area contributed by atoms with Gasteiger partial charge in [0.25, 0.3) is 11.8 Å². The summed E-state index contributed by atoms with van der Waals surface area (Å²) < 4.78 is 43.8. The van der Waals surface area contributed by atoms with Gasteiger partial charge in [0.15, 0.2) is 0 Å². The number of nitrogens with zero attached hydrogens (tertiary/aromatic N) is 1. The van der Waals surface area contributed by atoms with E-state index in [0.717, 1.165) is 30.0 Å². The number of rotatable bonds is 31. The Labute approximate surface area is 333 Å². The molecule has 0 aromatic heterocycles. The number of unbranched alkanes of at least 4 members (excludes halogenated alkanes) is 1. The Morgan fingerprint density at radius 1 is 0.667 bits per heavy atom. The van der Waals surface area contributed by atoms with Crippen molar-refractivity contribution >= 4 is 41.0 Å². The Morgan fingerprint density at radius 2 is 1.21 bits per heavy atom. The number of carbonyl (C=O) groups is 5. The smallest absolute Gasteiger partial charge is 0.338 e. The van der Waals surface area contributed by atoms with E-state index >= 15 is 0 Å². The maximum Gasteiger partial charge on any atom is 0.338 e. The molecule has 4 rings (SSSR count). The Hall–Kier alpha value is -4.49. The summed E-state index contributed by atoms with van der Waals surface area (Å²) in [4.78, 5) is 63.0. The van der Waals surface area contributed by atoms with Gasteiger partial charge >= 0.3 is 5.97 Å². The molecule has 2 aromatic carbocycles. The van der Waals surface area contributed by atoms with E-state index in [4.69, 9.17) is 37.9 Å². The van der Waals surface area contributed by atoms with Crippen LogP contribution in [0.1, 0.15) is 63.7 Å². The van der Waals surface area contributed by atoms with Crippen LogP contribution in [-0.4, -0.2) is 153 Å². The summed E-state index contributed by atoms with van der Waals surface area (Å²) in [6, 6.07) is 11.1. The molecule has 0 spiro atoms. The SMILES string of the molecule is CCCCNc1ccc(C(=O)OCCOCCOCCOCCOCCOCCOCCOCCNc2cccc3c2C(=O)N(C2CCC(=O)NC2=O)C3=O)cc1. The van der Waals surface area contributed by atoms with Crippen LogP contribution in [0.2, 0.25) is 0 Å². The van der Waals surface area contributed by atoms with Gasteiger partial charge in [-0.2, -0.15) is 0 Å². The molecule has 3 N–H and O–H groups in total. The lowest BCUT2D eigenvalue weighted by atomic mass is 10.0. The van der Waals surface area contributed by atoms with Gasteiger partial charge in [-0.25, -0.2) is 4.79 Å². The van der Waals surface area contributed by atoms with Crippen molar-refractivity contribution in [2.45, 2.75) is 38.6 Å². The van der Waals surface area contributed by atoms with Crippen LogP contribution >= 0.6 is 0 Å². The Balaban J connectivity index is 0.868. The van der Waals surface area contributed by atoms with Crippen LogP contribution in [0.4, 0.5) is 11.4 Å². The van der Waals surface area contributed by atoms with Gasteiger partial charge in [-0.05, 0) is 49.2 Å². The number of amides is 4. The van der Waals surface area contributed by atoms with Crippen molar-refractivity contribution in [3.63, 3.8) is 0 Å². The molecule has 1 saturated heterocycles. The standard InChI is InChI=1S/C40H56N4O13/c1-2-3-13-41-31-9-7-30(8-10-31)40(49)57-29-28-56-27-26-55-25-24-54-23-22-53-21-20-52-19-18-51-17-16-50-15-14-42-33-6-4-5-32-36(33)39(48)44(38(32)47)34-11-12-35(45)43-37(34)46/h4-10,34,41-42H,2-3,11-29H2,1H3,(H,43,45,46). The summed E-state index contributed by atoms with van der Waals surface area (Å²) in [6.45, 7) is 9.21. The third-order valence-electron chi connectivity index (χ3n) is 8.70. The lowest BCUT2D eigenvalue weighted by Crippen LogP contribution is -2.54.